The summed E-state index contributed by atoms with van der Waals surface area (Å²) in [5.41, 5.74) is 0.901. The molecule has 0 saturated carbocycles. The maximum Gasteiger partial charge on any atom is 0.315 e. The number of ketones is 1. The van der Waals surface area contributed by atoms with Gasteiger partial charge in [-0.15, -0.1) is 0 Å². The van der Waals surface area contributed by atoms with E-state index in [0.29, 0.717) is 5.75 Å². The number of hydrogen-bond donors (Lipinski definition) is 0. The molecule has 0 aromatic carbocycles. The number of ether oxygens (including phenoxy) is 1. The van der Waals surface area contributed by atoms with Crippen LogP contribution in [0.2, 0.25) is 0 Å². The summed E-state index contributed by atoms with van der Waals surface area (Å²) in [7, 11) is 1.40. The third-order valence-electron chi connectivity index (χ3n) is 2.29. The van der Waals surface area contributed by atoms with E-state index in [1.807, 2.05) is 6.08 Å². The molecule has 1 aliphatic rings. The second-order valence-corrected chi connectivity index (χ2v) is 4.61. The first kappa shape index (κ1) is 13.0. The predicted octanol–water partition coefficient (Wildman–Crippen LogP) is 2.13. The van der Waals surface area contributed by atoms with Gasteiger partial charge in [-0.05, 0) is 36.7 Å². The highest BCUT2D eigenvalue weighted by atomic mass is 32.2. The molecule has 3 nitrogen and oxygen atoms in total. The predicted molar refractivity (Wildman–Crippen MR) is 65.4 cm³/mol. The average Bonchev–Trinajstić information content (AvgIpc) is 2.69. The van der Waals surface area contributed by atoms with Gasteiger partial charge in [-0.3, -0.25) is 9.59 Å². The molecule has 4 heteroatoms. The van der Waals surface area contributed by atoms with Crippen LogP contribution in [-0.2, 0) is 14.3 Å². The molecule has 88 valence electrons. The fourth-order valence-corrected chi connectivity index (χ4v) is 2.22. The second kappa shape index (κ2) is 7.28. The molecule has 0 unspecified atom stereocenters. The van der Waals surface area contributed by atoms with E-state index in [1.54, 1.807) is 23.9 Å². The Morgan fingerprint density at radius 2 is 2.25 bits per heavy atom. The van der Waals surface area contributed by atoms with Crippen LogP contribution in [0.1, 0.15) is 19.3 Å². The molecule has 0 bridgehead atoms. The summed E-state index contributed by atoms with van der Waals surface area (Å²) in [4.78, 5) is 22.0. The number of allylic oxidation sites excluding steroid dienone is 4. The largest absolute Gasteiger partial charge is 0.468 e. The molecular weight excluding hydrogens is 224 g/mol. The van der Waals surface area contributed by atoms with Crippen LogP contribution in [0.25, 0.3) is 0 Å². The molecule has 1 aliphatic carbocycles. The van der Waals surface area contributed by atoms with Crippen LogP contribution in [0, 0.1) is 0 Å². The molecule has 0 aromatic heterocycles. The van der Waals surface area contributed by atoms with Crippen LogP contribution in [0.15, 0.2) is 23.8 Å². The maximum absolute atomic E-state index is 11.2. The van der Waals surface area contributed by atoms with E-state index >= 15 is 0 Å². The molecule has 0 spiro atoms. The minimum absolute atomic E-state index is 0.141. The Bertz CT molecular complexity index is 318. The Morgan fingerprint density at radius 3 is 2.88 bits per heavy atom. The molecule has 16 heavy (non-hydrogen) atoms. The van der Waals surface area contributed by atoms with Crippen LogP contribution in [0.3, 0.4) is 0 Å². The zero-order chi connectivity index (χ0) is 11.8. The molecule has 1 rings (SSSR count). The van der Waals surface area contributed by atoms with Crippen molar-refractivity contribution in [2.45, 2.75) is 19.3 Å². The van der Waals surface area contributed by atoms with E-state index in [9.17, 15) is 9.59 Å². The Hall–Kier alpha value is -1.03. The number of carbonyl (C=O) groups is 2. The van der Waals surface area contributed by atoms with Gasteiger partial charge in [0.1, 0.15) is 0 Å². The van der Waals surface area contributed by atoms with Gasteiger partial charge in [0, 0.05) is 0 Å². The van der Waals surface area contributed by atoms with Crippen molar-refractivity contribution in [2.24, 2.45) is 0 Å². The Kier molecular flexibility index (Phi) is 5.93. The number of carbonyl (C=O) groups excluding carboxylic acids is 2. The molecule has 0 aliphatic heterocycles. The molecule has 0 atom stereocenters. The summed E-state index contributed by atoms with van der Waals surface area (Å²) in [6.07, 6.45) is 8.12. The summed E-state index contributed by atoms with van der Waals surface area (Å²) in [5.74, 6) is 1.31. The Morgan fingerprint density at radius 1 is 1.44 bits per heavy atom. The number of methoxy groups -OCH3 is 1. The van der Waals surface area contributed by atoms with Crippen molar-refractivity contribution >= 4 is 23.5 Å². The van der Waals surface area contributed by atoms with Gasteiger partial charge in [-0.2, -0.15) is 11.8 Å². The lowest BCUT2D eigenvalue weighted by Crippen LogP contribution is -2.03. The van der Waals surface area contributed by atoms with Crippen LogP contribution in [0.4, 0.5) is 0 Å². The minimum atomic E-state index is -0.178. The number of esters is 1. The summed E-state index contributed by atoms with van der Waals surface area (Å²) in [6.45, 7) is 0. The van der Waals surface area contributed by atoms with Gasteiger partial charge >= 0.3 is 5.97 Å². The number of unbranched alkanes of at least 4 members (excludes halogenated alkanes) is 1. The van der Waals surface area contributed by atoms with Gasteiger partial charge in [-0.25, -0.2) is 0 Å². The number of hydrogen-bond acceptors (Lipinski definition) is 4. The first-order valence-electron chi connectivity index (χ1n) is 5.30. The van der Waals surface area contributed by atoms with Crippen molar-refractivity contribution in [3.63, 3.8) is 0 Å². The highest BCUT2D eigenvalue weighted by Crippen LogP contribution is 2.15. The van der Waals surface area contributed by atoms with Crippen molar-refractivity contribution in [3.8, 4) is 0 Å². The number of thioether (sulfide) groups is 1. The Balaban J connectivity index is 1.97. The molecule has 0 saturated heterocycles. The molecule has 0 radical (unpaired) electrons. The van der Waals surface area contributed by atoms with E-state index in [2.05, 4.69) is 4.74 Å². The SMILES string of the molecule is COC(=O)CSCCCCC1=CC=CC1=O. The van der Waals surface area contributed by atoms with Crippen molar-refractivity contribution in [1.29, 1.82) is 0 Å². The van der Waals surface area contributed by atoms with E-state index in [1.165, 1.54) is 7.11 Å². The zero-order valence-electron chi connectivity index (χ0n) is 9.40. The van der Waals surface area contributed by atoms with E-state index in [4.69, 9.17) is 0 Å². The fraction of sp³-hybridized carbons (Fsp3) is 0.500. The molecular formula is C12H16O3S. The smallest absolute Gasteiger partial charge is 0.315 e. The summed E-state index contributed by atoms with van der Waals surface area (Å²) in [5, 5.41) is 0. The monoisotopic (exact) mass is 240 g/mol. The van der Waals surface area contributed by atoms with E-state index in [0.717, 1.165) is 30.6 Å². The van der Waals surface area contributed by atoms with Gasteiger partial charge in [0.25, 0.3) is 0 Å². The van der Waals surface area contributed by atoms with Crippen LogP contribution >= 0.6 is 11.8 Å². The van der Waals surface area contributed by atoms with Gasteiger partial charge in [0.15, 0.2) is 5.78 Å². The quantitative estimate of drug-likeness (QED) is 0.505. The second-order valence-electron chi connectivity index (χ2n) is 3.50. The Labute approximate surface area is 99.9 Å². The lowest BCUT2D eigenvalue weighted by Gasteiger charge is -2.01. The maximum atomic E-state index is 11.2. The fourth-order valence-electron chi connectivity index (χ4n) is 1.38. The zero-order valence-corrected chi connectivity index (χ0v) is 10.2. The van der Waals surface area contributed by atoms with Crippen molar-refractivity contribution in [2.75, 3.05) is 18.6 Å². The van der Waals surface area contributed by atoms with Crippen molar-refractivity contribution < 1.29 is 14.3 Å². The average molecular weight is 240 g/mol. The lowest BCUT2D eigenvalue weighted by atomic mass is 10.1. The van der Waals surface area contributed by atoms with Gasteiger partial charge in [0.05, 0.1) is 12.9 Å². The normalized spacial score (nSPS) is 14.1. The third-order valence-corrected chi connectivity index (χ3v) is 3.31. The molecule has 0 heterocycles. The van der Waals surface area contributed by atoms with E-state index in [-0.39, 0.29) is 11.8 Å². The summed E-state index contributed by atoms with van der Waals surface area (Å²) in [6, 6.07) is 0. The standard InChI is InChI=1S/C12H16O3S/c1-15-12(14)9-16-8-3-2-5-10-6-4-7-11(10)13/h4,6-7H,2-3,5,8-9H2,1H3. The van der Waals surface area contributed by atoms with Crippen LogP contribution in [-0.4, -0.2) is 30.4 Å². The van der Waals surface area contributed by atoms with E-state index < -0.39 is 0 Å². The van der Waals surface area contributed by atoms with Crippen LogP contribution < -0.4 is 0 Å². The summed E-state index contributed by atoms with van der Waals surface area (Å²) >= 11 is 1.57. The molecule has 0 fully saturated rings. The van der Waals surface area contributed by atoms with Crippen molar-refractivity contribution in [1.82, 2.24) is 0 Å². The molecule has 0 N–H and O–H groups in total. The number of rotatable bonds is 7. The third kappa shape index (κ3) is 4.66. The molecule has 0 amide bonds. The highest BCUT2D eigenvalue weighted by Gasteiger charge is 2.08. The first-order chi connectivity index (χ1) is 7.74. The minimum Gasteiger partial charge on any atom is -0.468 e. The topological polar surface area (TPSA) is 43.4 Å². The van der Waals surface area contributed by atoms with Crippen LogP contribution in [0.5, 0.6) is 0 Å². The lowest BCUT2D eigenvalue weighted by molar-refractivity contribution is -0.137. The first-order valence-corrected chi connectivity index (χ1v) is 6.45. The van der Waals surface area contributed by atoms with Crippen molar-refractivity contribution in [3.05, 3.63) is 23.8 Å². The van der Waals surface area contributed by atoms with Gasteiger partial charge in [-0.1, -0.05) is 12.2 Å². The highest BCUT2D eigenvalue weighted by molar-refractivity contribution is 7.99. The van der Waals surface area contributed by atoms with Gasteiger partial charge < -0.3 is 4.74 Å². The summed E-state index contributed by atoms with van der Waals surface area (Å²) < 4.78 is 4.53. The van der Waals surface area contributed by atoms with Gasteiger partial charge in [0.2, 0.25) is 0 Å². The molecule has 0 aromatic rings.